The van der Waals surface area contributed by atoms with Crippen LogP contribution in [0.15, 0.2) is 11.8 Å². The predicted molar refractivity (Wildman–Crippen MR) is 63.3 cm³/mol. The standard InChI is InChI=1S/C8H16N3O7P/c9-7(12)5-6(8(10)13)11-1-2-17-3-4-18-19(14,15)16/h5,11H,1-4H2,(H2,9,12)(H2,10,13)(H2,14,15,16)/b6-5-. The number of primary amides is 2. The molecule has 110 valence electrons. The van der Waals surface area contributed by atoms with Crippen LogP contribution in [0.4, 0.5) is 0 Å². The highest BCUT2D eigenvalue weighted by Crippen LogP contribution is 2.35. The van der Waals surface area contributed by atoms with Gasteiger partial charge in [0.2, 0.25) is 5.91 Å². The number of phosphoric ester groups is 1. The second-order valence-electron chi connectivity index (χ2n) is 3.19. The molecule has 0 unspecified atom stereocenters. The van der Waals surface area contributed by atoms with E-state index in [9.17, 15) is 14.2 Å². The fourth-order valence-corrected chi connectivity index (χ4v) is 1.24. The highest BCUT2D eigenvalue weighted by molar-refractivity contribution is 7.46. The van der Waals surface area contributed by atoms with Gasteiger partial charge < -0.3 is 31.3 Å². The molecule has 0 atom stereocenters. The first-order valence-electron chi connectivity index (χ1n) is 5.05. The lowest BCUT2D eigenvalue weighted by atomic mass is 10.3. The average Bonchev–Trinajstić information content (AvgIpc) is 2.23. The maximum atomic E-state index is 10.8. The largest absolute Gasteiger partial charge is 0.469 e. The van der Waals surface area contributed by atoms with E-state index in [1.165, 1.54) is 0 Å². The monoisotopic (exact) mass is 297 g/mol. The van der Waals surface area contributed by atoms with Gasteiger partial charge in [-0.05, 0) is 0 Å². The van der Waals surface area contributed by atoms with Crippen molar-refractivity contribution in [2.24, 2.45) is 11.5 Å². The Hall–Kier alpha value is -1.45. The molecule has 10 nitrogen and oxygen atoms in total. The van der Waals surface area contributed by atoms with Crippen LogP contribution in [0.5, 0.6) is 0 Å². The van der Waals surface area contributed by atoms with E-state index in [1.54, 1.807) is 0 Å². The van der Waals surface area contributed by atoms with Crippen molar-refractivity contribution >= 4 is 19.6 Å². The van der Waals surface area contributed by atoms with Gasteiger partial charge >= 0.3 is 7.82 Å². The summed E-state index contributed by atoms with van der Waals surface area (Å²) in [5.74, 6) is -1.67. The Morgan fingerprint density at radius 2 is 1.84 bits per heavy atom. The molecule has 0 spiro atoms. The maximum absolute atomic E-state index is 10.8. The first-order valence-corrected chi connectivity index (χ1v) is 6.58. The number of amides is 2. The van der Waals surface area contributed by atoms with Crippen LogP contribution in [0.3, 0.4) is 0 Å². The normalized spacial score (nSPS) is 12.2. The van der Waals surface area contributed by atoms with E-state index in [0.29, 0.717) is 0 Å². The highest BCUT2D eigenvalue weighted by Gasteiger charge is 2.12. The molecule has 0 fully saturated rings. The van der Waals surface area contributed by atoms with Crippen molar-refractivity contribution in [1.29, 1.82) is 0 Å². The number of nitrogens with two attached hydrogens (primary N) is 2. The number of hydrogen-bond donors (Lipinski definition) is 5. The number of ether oxygens (including phenoxy) is 1. The van der Waals surface area contributed by atoms with E-state index < -0.39 is 19.6 Å². The lowest BCUT2D eigenvalue weighted by Gasteiger charge is -2.08. The van der Waals surface area contributed by atoms with Crippen molar-refractivity contribution in [1.82, 2.24) is 5.32 Å². The summed E-state index contributed by atoms with van der Waals surface area (Å²) in [6.07, 6.45) is 0.846. The Balaban J connectivity index is 3.76. The molecule has 0 aromatic rings. The topological polar surface area (TPSA) is 174 Å². The number of nitrogens with one attached hydrogen (secondary N) is 1. The fourth-order valence-electron chi connectivity index (χ4n) is 0.927. The lowest BCUT2D eigenvalue weighted by Crippen LogP contribution is -2.30. The summed E-state index contributed by atoms with van der Waals surface area (Å²) in [5, 5.41) is 2.52. The van der Waals surface area contributed by atoms with Gasteiger partial charge in [0, 0.05) is 12.6 Å². The van der Waals surface area contributed by atoms with Crippen molar-refractivity contribution in [2.45, 2.75) is 0 Å². The molecule has 0 aliphatic heterocycles. The van der Waals surface area contributed by atoms with Gasteiger partial charge in [-0.15, -0.1) is 0 Å². The average molecular weight is 297 g/mol. The lowest BCUT2D eigenvalue weighted by molar-refractivity contribution is -0.116. The van der Waals surface area contributed by atoms with E-state index in [2.05, 4.69) is 9.84 Å². The van der Waals surface area contributed by atoms with Gasteiger partial charge in [-0.25, -0.2) is 4.57 Å². The number of rotatable bonds is 10. The maximum Gasteiger partial charge on any atom is 0.469 e. The quantitative estimate of drug-likeness (QED) is 0.168. The molecular formula is C8H16N3O7P. The Labute approximate surface area is 109 Å². The summed E-state index contributed by atoms with van der Waals surface area (Å²) in [4.78, 5) is 38.1. The third-order valence-electron chi connectivity index (χ3n) is 1.60. The summed E-state index contributed by atoms with van der Waals surface area (Å²) < 4.78 is 19.3. The van der Waals surface area contributed by atoms with E-state index in [4.69, 9.17) is 26.0 Å². The summed E-state index contributed by atoms with van der Waals surface area (Å²) in [5.41, 5.74) is 9.68. The van der Waals surface area contributed by atoms with Gasteiger partial charge in [-0.1, -0.05) is 0 Å². The molecule has 0 rings (SSSR count). The molecule has 7 N–H and O–H groups in total. The third-order valence-corrected chi connectivity index (χ3v) is 2.12. The van der Waals surface area contributed by atoms with Crippen molar-refractivity contribution in [3.05, 3.63) is 11.8 Å². The predicted octanol–water partition coefficient (Wildman–Crippen LogP) is -2.44. The zero-order valence-corrected chi connectivity index (χ0v) is 10.8. The molecule has 19 heavy (non-hydrogen) atoms. The molecule has 0 heterocycles. The molecule has 0 aliphatic rings. The smallest absolute Gasteiger partial charge is 0.378 e. The van der Waals surface area contributed by atoms with Gasteiger partial charge in [-0.3, -0.25) is 14.1 Å². The van der Waals surface area contributed by atoms with Crippen molar-refractivity contribution in [3.8, 4) is 0 Å². The SMILES string of the molecule is NC(=O)/C=C(\NCCOCCOP(=O)(O)O)C(N)=O. The zero-order chi connectivity index (χ0) is 14.9. The van der Waals surface area contributed by atoms with Crippen LogP contribution in [0.2, 0.25) is 0 Å². The van der Waals surface area contributed by atoms with E-state index in [0.717, 1.165) is 6.08 Å². The summed E-state index contributed by atoms with van der Waals surface area (Å²) >= 11 is 0. The van der Waals surface area contributed by atoms with Crippen LogP contribution >= 0.6 is 7.82 Å². The Kier molecular flexibility index (Phi) is 7.96. The minimum absolute atomic E-state index is 0.0434. The van der Waals surface area contributed by atoms with Gasteiger partial charge in [0.15, 0.2) is 0 Å². The first kappa shape index (κ1) is 17.6. The van der Waals surface area contributed by atoms with Crippen LogP contribution in [0, 0.1) is 0 Å². The summed E-state index contributed by atoms with van der Waals surface area (Å²) in [7, 11) is -4.48. The highest BCUT2D eigenvalue weighted by atomic mass is 31.2. The van der Waals surface area contributed by atoms with Crippen LogP contribution < -0.4 is 16.8 Å². The molecule has 0 aliphatic carbocycles. The Morgan fingerprint density at radius 3 is 2.32 bits per heavy atom. The van der Waals surface area contributed by atoms with Gasteiger partial charge in [0.05, 0.1) is 19.8 Å². The van der Waals surface area contributed by atoms with Crippen LogP contribution in [-0.4, -0.2) is 48.0 Å². The Bertz CT molecular complexity index is 392. The number of phosphoric acid groups is 1. The first-order chi connectivity index (χ1) is 8.72. The second kappa shape index (κ2) is 8.62. The molecule has 2 amide bonds. The second-order valence-corrected chi connectivity index (χ2v) is 4.43. The molecule has 0 radical (unpaired) electrons. The Morgan fingerprint density at radius 1 is 1.21 bits per heavy atom. The molecule has 0 saturated carbocycles. The van der Waals surface area contributed by atoms with Crippen LogP contribution in [0.25, 0.3) is 0 Å². The molecule has 0 aromatic heterocycles. The number of hydrogen-bond acceptors (Lipinski definition) is 6. The van der Waals surface area contributed by atoms with E-state index >= 15 is 0 Å². The van der Waals surface area contributed by atoms with Crippen molar-refractivity contribution in [2.75, 3.05) is 26.4 Å². The van der Waals surface area contributed by atoms with E-state index in [1.807, 2.05) is 0 Å². The van der Waals surface area contributed by atoms with Crippen LogP contribution in [-0.2, 0) is 23.4 Å². The summed E-state index contributed by atoms with van der Waals surface area (Å²) in [6, 6.07) is 0. The zero-order valence-electron chi connectivity index (χ0n) is 9.94. The minimum Gasteiger partial charge on any atom is -0.378 e. The molecular weight excluding hydrogens is 281 g/mol. The molecule has 11 heteroatoms. The molecule has 0 saturated heterocycles. The van der Waals surface area contributed by atoms with Crippen molar-refractivity contribution < 1.29 is 33.2 Å². The van der Waals surface area contributed by atoms with Crippen LogP contribution in [0.1, 0.15) is 0 Å². The third kappa shape index (κ3) is 11.4. The molecule has 0 bridgehead atoms. The number of carbonyl (C=O) groups is 2. The summed E-state index contributed by atoms with van der Waals surface area (Å²) in [6.45, 7) is -0.0613. The van der Waals surface area contributed by atoms with Gasteiger partial charge in [-0.2, -0.15) is 0 Å². The minimum atomic E-state index is -4.48. The van der Waals surface area contributed by atoms with Gasteiger partial charge in [0.1, 0.15) is 5.70 Å². The van der Waals surface area contributed by atoms with E-state index in [-0.39, 0.29) is 32.1 Å². The molecule has 0 aromatic carbocycles. The van der Waals surface area contributed by atoms with Crippen molar-refractivity contribution in [3.63, 3.8) is 0 Å². The fraction of sp³-hybridized carbons (Fsp3) is 0.500. The number of carbonyl (C=O) groups excluding carboxylic acids is 2. The van der Waals surface area contributed by atoms with Gasteiger partial charge in [0.25, 0.3) is 5.91 Å².